The van der Waals surface area contributed by atoms with Crippen LogP contribution in [0, 0.1) is 0 Å². The molecule has 0 saturated heterocycles. The molecule has 1 unspecified atom stereocenters. The van der Waals surface area contributed by atoms with E-state index in [4.69, 9.17) is 20.9 Å². The van der Waals surface area contributed by atoms with E-state index in [-0.39, 0.29) is 19.1 Å². The van der Waals surface area contributed by atoms with Gasteiger partial charge in [-0.05, 0) is 27.7 Å². The second-order valence-corrected chi connectivity index (χ2v) is 5.47. The van der Waals surface area contributed by atoms with Gasteiger partial charge in [0.25, 0.3) is 0 Å². The van der Waals surface area contributed by atoms with Crippen molar-refractivity contribution in [2.75, 3.05) is 32.8 Å². The average Bonchev–Trinajstić information content (AvgIpc) is 2.26. The second kappa shape index (κ2) is 8.89. The molecule has 20 heavy (non-hydrogen) atoms. The van der Waals surface area contributed by atoms with Crippen LogP contribution in [-0.2, 0) is 19.1 Å². The summed E-state index contributed by atoms with van der Waals surface area (Å²) >= 11 is 0. The van der Waals surface area contributed by atoms with Gasteiger partial charge in [-0.25, -0.2) is 0 Å². The molecular formula is C13H27N3O4. The summed E-state index contributed by atoms with van der Waals surface area (Å²) in [7, 11) is 0. The summed E-state index contributed by atoms with van der Waals surface area (Å²) in [6.45, 7) is 8.43. The molecule has 0 saturated carbocycles. The average molecular weight is 289 g/mol. The maximum Gasteiger partial charge on any atom is 0.324 e. The topological polar surface area (TPSA) is 108 Å². The third kappa shape index (κ3) is 8.84. The molecule has 0 fully saturated rings. The first-order chi connectivity index (χ1) is 9.19. The molecule has 4 N–H and O–H groups in total. The monoisotopic (exact) mass is 289 g/mol. The van der Waals surface area contributed by atoms with Crippen molar-refractivity contribution < 1.29 is 19.1 Å². The van der Waals surface area contributed by atoms with Crippen LogP contribution in [0.15, 0.2) is 0 Å². The van der Waals surface area contributed by atoms with Crippen molar-refractivity contribution in [1.29, 1.82) is 0 Å². The Labute approximate surface area is 120 Å². The van der Waals surface area contributed by atoms with Gasteiger partial charge in [0, 0.05) is 19.6 Å². The van der Waals surface area contributed by atoms with Gasteiger partial charge in [-0.3, -0.25) is 14.5 Å². The van der Waals surface area contributed by atoms with Gasteiger partial charge in [0.2, 0.25) is 0 Å². The van der Waals surface area contributed by atoms with Crippen LogP contribution in [0.4, 0.5) is 0 Å². The summed E-state index contributed by atoms with van der Waals surface area (Å²) in [5.74, 6) is -0.860. The summed E-state index contributed by atoms with van der Waals surface area (Å²) < 4.78 is 10.1. The second-order valence-electron chi connectivity index (χ2n) is 5.47. The highest BCUT2D eigenvalue weighted by molar-refractivity contribution is 5.76. The van der Waals surface area contributed by atoms with Crippen LogP contribution in [0.5, 0.6) is 0 Å². The van der Waals surface area contributed by atoms with Gasteiger partial charge in [0.15, 0.2) is 0 Å². The molecule has 0 aromatic rings. The first kappa shape index (κ1) is 18.8. The zero-order valence-electron chi connectivity index (χ0n) is 12.8. The number of hydrogen-bond acceptors (Lipinski definition) is 7. The number of carbonyl (C=O) groups is 2. The zero-order valence-corrected chi connectivity index (χ0v) is 12.8. The third-order valence-corrected chi connectivity index (χ3v) is 2.27. The molecule has 0 amide bonds. The molecule has 0 aliphatic carbocycles. The number of ether oxygens (including phenoxy) is 2. The van der Waals surface area contributed by atoms with Gasteiger partial charge in [0.05, 0.1) is 13.2 Å². The van der Waals surface area contributed by atoms with Crippen LogP contribution in [0.1, 0.15) is 27.7 Å². The van der Waals surface area contributed by atoms with Gasteiger partial charge >= 0.3 is 11.9 Å². The first-order valence-corrected chi connectivity index (χ1v) is 6.76. The highest BCUT2D eigenvalue weighted by Crippen LogP contribution is 2.08. The van der Waals surface area contributed by atoms with E-state index in [2.05, 4.69) is 0 Å². The van der Waals surface area contributed by atoms with Gasteiger partial charge in [-0.2, -0.15) is 0 Å². The summed E-state index contributed by atoms with van der Waals surface area (Å²) in [5, 5.41) is 0. The van der Waals surface area contributed by atoms with Crippen molar-refractivity contribution >= 4 is 11.9 Å². The van der Waals surface area contributed by atoms with E-state index in [0.29, 0.717) is 19.7 Å². The molecule has 0 rings (SSSR count). The summed E-state index contributed by atoms with van der Waals surface area (Å²) in [6.07, 6.45) is 0. The van der Waals surface area contributed by atoms with Crippen LogP contribution < -0.4 is 11.5 Å². The molecule has 0 spiro atoms. The van der Waals surface area contributed by atoms with Crippen molar-refractivity contribution in [1.82, 2.24) is 4.90 Å². The molecule has 7 heteroatoms. The van der Waals surface area contributed by atoms with Gasteiger partial charge in [-0.1, -0.05) is 0 Å². The predicted molar refractivity (Wildman–Crippen MR) is 75.9 cm³/mol. The zero-order chi connectivity index (χ0) is 15.8. The minimum Gasteiger partial charge on any atom is -0.465 e. The Morgan fingerprint density at radius 2 is 1.90 bits per heavy atom. The predicted octanol–water partition coefficient (Wildman–Crippen LogP) is -0.521. The van der Waals surface area contributed by atoms with E-state index in [0.717, 1.165) is 0 Å². The highest BCUT2D eigenvalue weighted by Gasteiger charge is 2.24. The lowest BCUT2D eigenvalue weighted by atomic mass is 10.2. The lowest BCUT2D eigenvalue weighted by Gasteiger charge is -2.26. The lowest BCUT2D eigenvalue weighted by Crippen LogP contribution is -2.48. The van der Waals surface area contributed by atoms with Crippen LogP contribution in [0.2, 0.25) is 0 Å². The van der Waals surface area contributed by atoms with E-state index < -0.39 is 17.6 Å². The molecule has 7 nitrogen and oxygen atoms in total. The molecule has 1 atom stereocenters. The Balaban J connectivity index is 4.42. The van der Waals surface area contributed by atoms with Crippen molar-refractivity contribution in [3.05, 3.63) is 0 Å². The SMILES string of the molecule is CCOC(=O)CN(CCN)CC(N)C(=O)OC(C)(C)C. The Bertz CT molecular complexity index is 315. The molecule has 118 valence electrons. The standard InChI is InChI=1S/C13H27N3O4/c1-5-19-11(17)9-16(7-6-14)8-10(15)12(18)20-13(2,3)4/h10H,5-9,14-15H2,1-4H3. The number of nitrogens with zero attached hydrogens (tertiary/aromatic N) is 1. The number of nitrogens with two attached hydrogens (primary N) is 2. The van der Waals surface area contributed by atoms with E-state index >= 15 is 0 Å². The fourth-order valence-corrected chi connectivity index (χ4v) is 1.54. The maximum absolute atomic E-state index is 11.8. The Morgan fingerprint density at radius 3 is 2.35 bits per heavy atom. The van der Waals surface area contributed by atoms with Gasteiger partial charge in [-0.15, -0.1) is 0 Å². The molecule has 0 aromatic carbocycles. The first-order valence-electron chi connectivity index (χ1n) is 6.76. The maximum atomic E-state index is 11.8. The van der Waals surface area contributed by atoms with Gasteiger partial charge < -0.3 is 20.9 Å². The summed E-state index contributed by atoms with van der Waals surface area (Å²) in [4.78, 5) is 24.9. The van der Waals surface area contributed by atoms with E-state index in [9.17, 15) is 9.59 Å². The van der Waals surface area contributed by atoms with Gasteiger partial charge in [0.1, 0.15) is 11.6 Å². The smallest absolute Gasteiger partial charge is 0.324 e. The number of esters is 2. The number of hydrogen-bond donors (Lipinski definition) is 2. The minimum atomic E-state index is -0.824. The molecule has 0 radical (unpaired) electrons. The molecule has 0 aliphatic heterocycles. The number of rotatable bonds is 8. The highest BCUT2D eigenvalue weighted by atomic mass is 16.6. The van der Waals surface area contributed by atoms with Crippen LogP contribution >= 0.6 is 0 Å². The van der Waals surface area contributed by atoms with Crippen molar-refractivity contribution in [2.24, 2.45) is 11.5 Å². The van der Waals surface area contributed by atoms with Crippen LogP contribution in [0.25, 0.3) is 0 Å². The van der Waals surface area contributed by atoms with Crippen LogP contribution in [0.3, 0.4) is 0 Å². The normalized spacial score (nSPS) is 13.2. The quantitative estimate of drug-likeness (QED) is 0.579. The van der Waals surface area contributed by atoms with E-state index in [1.807, 2.05) is 0 Å². The Kier molecular flexibility index (Phi) is 8.36. The van der Waals surface area contributed by atoms with Crippen molar-refractivity contribution in [3.8, 4) is 0 Å². The fourth-order valence-electron chi connectivity index (χ4n) is 1.54. The molecule has 0 aromatic heterocycles. The summed E-state index contributed by atoms with van der Waals surface area (Å²) in [5.41, 5.74) is 10.7. The van der Waals surface area contributed by atoms with Crippen LogP contribution in [-0.4, -0.2) is 61.3 Å². The molecule has 0 heterocycles. The molecular weight excluding hydrogens is 262 g/mol. The largest absolute Gasteiger partial charge is 0.465 e. The molecule has 0 aliphatic rings. The minimum absolute atomic E-state index is 0.0571. The fraction of sp³-hybridized carbons (Fsp3) is 0.846. The Hall–Kier alpha value is -1.18. The van der Waals surface area contributed by atoms with E-state index in [1.54, 1.807) is 32.6 Å². The Morgan fingerprint density at radius 1 is 1.30 bits per heavy atom. The van der Waals surface area contributed by atoms with Crippen molar-refractivity contribution in [2.45, 2.75) is 39.3 Å². The molecule has 0 bridgehead atoms. The lowest BCUT2D eigenvalue weighted by molar-refractivity contribution is -0.157. The third-order valence-electron chi connectivity index (χ3n) is 2.27. The number of carbonyl (C=O) groups excluding carboxylic acids is 2. The summed E-state index contributed by atoms with van der Waals surface area (Å²) in [6, 6.07) is -0.824. The van der Waals surface area contributed by atoms with Crippen molar-refractivity contribution in [3.63, 3.8) is 0 Å². The van der Waals surface area contributed by atoms with E-state index in [1.165, 1.54) is 0 Å².